The fourth-order valence-corrected chi connectivity index (χ4v) is 2.11. The van der Waals surface area contributed by atoms with Gasteiger partial charge in [0.25, 0.3) is 0 Å². The highest BCUT2D eigenvalue weighted by Gasteiger charge is 2.16. The molecule has 0 saturated carbocycles. The number of ether oxygens (including phenoxy) is 1. The SMILES string of the molecule is CC(C)c1cnc2[nH]ccc2c1Oc1cnc(N)nc1N. The minimum absolute atomic E-state index is 0.116. The lowest BCUT2D eigenvalue weighted by Crippen LogP contribution is -2.03. The summed E-state index contributed by atoms with van der Waals surface area (Å²) in [5.41, 5.74) is 13.1. The van der Waals surface area contributed by atoms with Crippen LogP contribution < -0.4 is 16.2 Å². The highest BCUT2D eigenvalue weighted by Crippen LogP contribution is 2.37. The zero-order chi connectivity index (χ0) is 15.0. The number of fused-ring (bicyclic) bond motifs is 1. The van der Waals surface area contributed by atoms with Crippen molar-refractivity contribution in [3.05, 3.63) is 30.2 Å². The van der Waals surface area contributed by atoms with Crippen molar-refractivity contribution >= 4 is 22.8 Å². The van der Waals surface area contributed by atoms with Gasteiger partial charge in [-0.25, -0.2) is 9.97 Å². The molecule has 21 heavy (non-hydrogen) atoms. The lowest BCUT2D eigenvalue weighted by Gasteiger charge is -2.15. The van der Waals surface area contributed by atoms with Crippen LogP contribution in [-0.2, 0) is 0 Å². The van der Waals surface area contributed by atoms with Crippen molar-refractivity contribution in [2.45, 2.75) is 19.8 Å². The topological polar surface area (TPSA) is 116 Å². The number of rotatable bonds is 3. The van der Waals surface area contributed by atoms with Crippen molar-refractivity contribution in [1.29, 1.82) is 0 Å². The molecule has 0 radical (unpaired) electrons. The number of aromatic nitrogens is 4. The van der Waals surface area contributed by atoms with Crippen molar-refractivity contribution in [1.82, 2.24) is 19.9 Å². The van der Waals surface area contributed by atoms with Crippen LogP contribution in [0.25, 0.3) is 11.0 Å². The summed E-state index contributed by atoms with van der Waals surface area (Å²) in [6, 6.07) is 1.91. The predicted octanol–water partition coefficient (Wildman–Crippen LogP) is 2.43. The molecule has 0 unspecified atom stereocenters. The molecular weight excluding hydrogens is 268 g/mol. The van der Waals surface area contributed by atoms with Crippen molar-refractivity contribution in [2.75, 3.05) is 11.5 Å². The normalized spacial score (nSPS) is 11.2. The number of aromatic amines is 1. The molecule has 5 N–H and O–H groups in total. The average Bonchev–Trinajstić information content (AvgIpc) is 2.90. The number of hydrogen-bond acceptors (Lipinski definition) is 6. The summed E-state index contributed by atoms with van der Waals surface area (Å²) >= 11 is 0. The van der Waals surface area contributed by atoms with Gasteiger partial charge in [-0.1, -0.05) is 13.8 Å². The molecule has 3 aromatic heterocycles. The zero-order valence-corrected chi connectivity index (χ0v) is 11.8. The summed E-state index contributed by atoms with van der Waals surface area (Å²) in [6.45, 7) is 4.15. The molecule has 0 amide bonds. The smallest absolute Gasteiger partial charge is 0.222 e. The van der Waals surface area contributed by atoms with Crippen LogP contribution >= 0.6 is 0 Å². The van der Waals surface area contributed by atoms with Crippen LogP contribution in [0.4, 0.5) is 11.8 Å². The number of H-pyrrole nitrogens is 1. The van der Waals surface area contributed by atoms with Gasteiger partial charge in [0.1, 0.15) is 11.4 Å². The third-order valence-corrected chi connectivity index (χ3v) is 3.20. The van der Waals surface area contributed by atoms with Gasteiger partial charge in [-0.05, 0) is 12.0 Å². The maximum Gasteiger partial charge on any atom is 0.222 e. The zero-order valence-electron chi connectivity index (χ0n) is 11.8. The number of nitrogens with two attached hydrogens (primary N) is 2. The van der Waals surface area contributed by atoms with E-state index in [0.717, 1.165) is 16.6 Å². The molecule has 108 valence electrons. The van der Waals surface area contributed by atoms with E-state index in [9.17, 15) is 0 Å². The Labute approximate surface area is 121 Å². The summed E-state index contributed by atoms with van der Waals surface area (Å²) in [5.74, 6) is 1.65. The van der Waals surface area contributed by atoms with Crippen LogP contribution in [0.2, 0.25) is 0 Å². The second kappa shape index (κ2) is 4.93. The first-order chi connectivity index (χ1) is 10.1. The molecule has 7 nitrogen and oxygen atoms in total. The van der Waals surface area contributed by atoms with Gasteiger partial charge in [0.15, 0.2) is 11.6 Å². The Kier molecular flexibility index (Phi) is 3.09. The van der Waals surface area contributed by atoms with Crippen LogP contribution in [0.3, 0.4) is 0 Å². The first-order valence-electron chi connectivity index (χ1n) is 6.58. The summed E-state index contributed by atoms with van der Waals surface area (Å²) in [5, 5.41) is 0.887. The molecule has 3 aromatic rings. The number of anilines is 2. The standard InChI is InChI=1S/C14H16N6O/c1-7(2)9-5-18-13-8(3-4-17-13)11(9)21-10-6-19-14(16)20-12(10)15/h3-7H,1-2H3,(H,17,18)(H4,15,16,19,20). The van der Waals surface area contributed by atoms with E-state index in [2.05, 4.69) is 33.8 Å². The van der Waals surface area contributed by atoms with Crippen LogP contribution in [0.15, 0.2) is 24.7 Å². The Hall–Kier alpha value is -2.83. The lowest BCUT2D eigenvalue weighted by molar-refractivity contribution is 0.476. The van der Waals surface area contributed by atoms with Crippen molar-refractivity contribution in [3.8, 4) is 11.5 Å². The molecule has 0 aliphatic heterocycles. The van der Waals surface area contributed by atoms with Gasteiger partial charge in [0.05, 0.1) is 11.6 Å². The Morgan fingerprint density at radius 3 is 2.71 bits per heavy atom. The molecule has 0 spiro atoms. The van der Waals surface area contributed by atoms with E-state index in [4.69, 9.17) is 16.2 Å². The minimum atomic E-state index is 0.116. The van der Waals surface area contributed by atoms with Crippen molar-refractivity contribution in [2.24, 2.45) is 0 Å². The summed E-state index contributed by atoms with van der Waals surface area (Å²) in [7, 11) is 0. The van der Waals surface area contributed by atoms with Crippen molar-refractivity contribution < 1.29 is 4.74 Å². The third kappa shape index (κ3) is 2.33. The van der Waals surface area contributed by atoms with E-state index in [0.29, 0.717) is 11.5 Å². The molecule has 0 fully saturated rings. The van der Waals surface area contributed by atoms with Crippen molar-refractivity contribution in [3.63, 3.8) is 0 Å². The van der Waals surface area contributed by atoms with Gasteiger partial charge in [-0.15, -0.1) is 0 Å². The Bertz CT molecular complexity index is 795. The summed E-state index contributed by atoms with van der Waals surface area (Å²) < 4.78 is 5.96. The highest BCUT2D eigenvalue weighted by molar-refractivity contribution is 5.84. The van der Waals surface area contributed by atoms with Crippen LogP contribution in [0.5, 0.6) is 11.5 Å². The van der Waals surface area contributed by atoms with Gasteiger partial charge in [-0.3, -0.25) is 0 Å². The minimum Gasteiger partial charge on any atom is -0.451 e. The summed E-state index contributed by atoms with van der Waals surface area (Å²) in [4.78, 5) is 15.3. The van der Waals surface area contributed by atoms with Crippen LogP contribution in [0.1, 0.15) is 25.3 Å². The Balaban J connectivity index is 2.14. The molecule has 0 aliphatic carbocycles. The number of nitrogens with zero attached hydrogens (tertiary/aromatic N) is 3. The third-order valence-electron chi connectivity index (χ3n) is 3.20. The fourth-order valence-electron chi connectivity index (χ4n) is 2.11. The second-order valence-corrected chi connectivity index (χ2v) is 5.02. The fraction of sp³-hybridized carbons (Fsp3) is 0.214. The van der Waals surface area contributed by atoms with Gasteiger partial charge >= 0.3 is 0 Å². The van der Waals surface area contributed by atoms with E-state index in [1.807, 2.05) is 12.3 Å². The number of nitrogens with one attached hydrogen (secondary N) is 1. The van der Waals surface area contributed by atoms with Gasteiger partial charge in [0.2, 0.25) is 5.95 Å². The monoisotopic (exact) mass is 284 g/mol. The maximum absolute atomic E-state index is 5.96. The van der Waals surface area contributed by atoms with Gasteiger partial charge in [0, 0.05) is 18.0 Å². The van der Waals surface area contributed by atoms with Crippen LogP contribution in [-0.4, -0.2) is 19.9 Å². The molecule has 0 atom stereocenters. The number of pyridine rings is 1. The second-order valence-electron chi connectivity index (χ2n) is 5.02. The first kappa shape index (κ1) is 13.2. The molecule has 0 saturated heterocycles. The Morgan fingerprint density at radius 2 is 2.00 bits per heavy atom. The largest absolute Gasteiger partial charge is 0.451 e. The van der Waals surface area contributed by atoms with Gasteiger partial charge in [-0.2, -0.15) is 4.98 Å². The average molecular weight is 284 g/mol. The molecular formula is C14H16N6O. The summed E-state index contributed by atoms with van der Waals surface area (Å²) in [6.07, 6.45) is 5.09. The molecule has 0 aromatic carbocycles. The maximum atomic E-state index is 5.96. The van der Waals surface area contributed by atoms with Crippen LogP contribution in [0, 0.1) is 0 Å². The molecule has 0 aliphatic rings. The Morgan fingerprint density at radius 1 is 1.19 bits per heavy atom. The molecule has 7 heteroatoms. The lowest BCUT2D eigenvalue weighted by atomic mass is 10.0. The molecule has 0 bridgehead atoms. The van der Waals surface area contributed by atoms with E-state index >= 15 is 0 Å². The highest BCUT2D eigenvalue weighted by atomic mass is 16.5. The van der Waals surface area contributed by atoms with E-state index < -0.39 is 0 Å². The van der Waals surface area contributed by atoms with E-state index in [-0.39, 0.29) is 17.7 Å². The first-order valence-corrected chi connectivity index (χ1v) is 6.58. The van der Waals surface area contributed by atoms with E-state index in [1.165, 1.54) is 6.20 Å². The number of hydrogen-bond donors (Lipinski definition) is 3. The van der Waals surface area contributed by atoms with E-state index in [1.54, 1.807) is 6.20 Å². The van der Waals surface area contributed by atoms with Gasteiger partial charge < -0.3 is 21.2 Å². The number of nitrogen functional groups attached to an aromatic ring is 2. The quantitative estimate of drug-likeness (QED) is 0.680. The molecule has 3 heterocycles. The molecule has 3 rings (SSSR count). The predicted molar refractivity (Wildman–Crippen MR) is 81.1 cm³/mol.